The van der Waals surface area contributed by atoms with Crippen molar-refractivity contribution in [3.8, 4) is 0 Å². The fraction of sp³-hybridized carbons (Fsp3) is 0.364. The molecule has 0 bridgehead atoms. The Labute approximate surface area is 74.2 Å². The van der Waals surface area contributed by atoms with Gasteiger partial charge >= 0.3 is 0 Å². The molecule has 1 aromatic rings. The molecule has 0 aliphatic rings. The van der Waals surface area contributed by atoms with E-state index in [1.165, 1.54) is 11.3 Å². The lowest BCUT2D eigenvalue weighted by Crippen LogP contribution is -1.86. The Morgan fingerprint density at radius 2 is 2.00 bits per heavy atom. The van der Waals surface area contributed by atoms with Crippen LogP contribution in [0, 0.1) is 6.92 Å². The molecule has 0 amide bonds. The Hall–Kier alpha value is -1.11. The molecule has 0 atom stereocenters. The largest absolute Gasteiger partial charge is 0.258 e. The van der Waals surface area contributed by atoms with Crippen LogP contribution >= 0.6 is 0 Å². The number of hydrogen-bond acceptors (Lipinski definition) is 1. The average Bonchev–Trinajstić information content (AvgIpc) is 2.09. The molecular formula is C11H15N. The third kappa shape index (κ3) is 2.19. The molecule has 1 aromatic carbocycles. The van der Waals surface area contributed by atoms with Crippen LogP contribution < -0.4 is 0 Å². The monoisotopic (exact) mass is 161 g/mol. The van der Waals surface area contributed by atoms with E-state index in [0.717, 1.165) is 12.1 Å². The molecule has 0 radical (unpaired) electrons. The van der Waals surface area contributed by atoms with Crippen molar-refractivity contribution in [2.75, 3.05) is 0 Å². The van der Waals surface area contributed by atoms with Gasteiger partial charge < -0.3 is 0 Å². The molecule has 0 unspecified atom stereocenters. The summed E-state index contributed by atoms with van der Waals surface area (Å²) >= 11 is 0. The predicted octanol–water partition coefficient (Wildman–Crippen LogP) is 3.50. The molecule has 0 heterocycles. The summed E-state index contributed by atoms with van der Waals surface area (Å²) < 4.78 is 0. The Kier molecular flexibility index (Phi) is 3.03. The van der Waals surface area contributed by atoms with Gasteiger partial charge in [0.15, 0.2) is 0 Å². The molecule has 0 saturated carbocycles. The zero-order valence-corrected chi connectivity index (χ0v) is 7.96. The molecule has 0 aromatic heterocycles. The maximum Gasteiger partial charge on any atom is 0.0658 e. The van der Waals surface area contributed by atoms with Gasteiger partial charge in [-0.3, -0.25) is 4.99 Å². The molecule has 0 fully saturated rings. The van der Waals surface area contributed by atoms with Gasteiger partial charge in [-0.15, -0.1) is 0 Å². The normalized spacial score (nSPS) is 11.8. The first-order chi connectivity index (χ1) is 5.74. The van der Waals surface area contributed by atoms with Crippen LogP contribution in [0.2, 0.25) is 0 Å². The van der Waals surface area contributed by atoms with Gasteiger partial charge in [0.2, 0.25) is 0 Å². The van der Waals surface area contributed by atoms with Crippen LogP contribution in [0.15, 0.2) is 29.3 Å². The van der Waals surface area contributed by atoms with E-state index in [1.807, 2.05) is 12.1 Å². The van der Waals surface area contributed by atoms with Gasteiger partial charge in [-0.1, -0.05) is 25.1 Å². The number of benzene rings is 1. The lowest BCUT2D eigenvalue weighted by molar-refractivity contribution is 1.24. The van der Waals surface area contributed by atoms with E-state index in [4.69, 9.17) is 0 Å². The van der Waals surface area contributed by atoms with Gasteiger partial charge in [0.25, 0.3) is 0 Å². The average molecular weight is 161 g/mol. The minimum absolute atomic E-state index is 1.02. The van der Waals surface area contributed by atoms with Crippen molar-refractivity contribution in [2.24, 2.45) is 4.99 Å². The summed E-state index contributed by atoms with van der Waals surface area (Å²) in [6.07, 6.45) is 1.02. The minimum atomic E-state index is 1.02. The van der Waals surface area contributed by atoms with Crippen LogP contribution in [0.3, 0.4) is 0 Å². The van der Waals surface area contributed by atoms with Gasteiger partial charge in [0.05, 0.1) is 5.69 Å². The standard InChI is InChI=1S/C11H15N/c1-4-10(3)12-11-8-6-5-7-9(11)2/h5-8H,4H2,1-3H3/b12-10+. The van der Waals surface area contributed by atoms with Crippen molar-refractivity contribution in [1.29, 1.82) is 0 Å². The summed E-state index contributed by atoms with van der Waals surface area (Å²) in [5.74, 6) is 0. The van der Waals surface area contributed by atoms with E-state index in [9.17, 15) is 0 Å². The molecule has 12 heavy (non-hydrogen) atoms. The first-order valence-electron chi connectivity index (χ1n) is 4.34. The van der Waals surface area contributed by atoms with Gasteiger partial charge in [-0.05, 0) is 31.9 Å². The van der Waals surface area contributed by atoms with E-state index in [1.54, 1.807) is 0 Å². The number of aliphatic imine (C=N–C) groups is 1. The topological polar surface area (TPSA) is 12.4 Å². The number of rotatable bonds is 2. The molecule has 0 aliphatic carbocycles. The Bertz CT molecular complexity index is 287. The second-order valence-corrected chi connectivity index (χ2v) is 2.99. The second kappa shape index (κ2) is 4.05. The fourth-order valence-electron chi connectivity index (χ4n) is 0.974. The number of aryl methyl sites for hydroxylation is 1. The summed E-state index contributed by atoms with van der Waals surface area (Å²) in [6.45, 7) is 6.27. The maximum atomic E-state index is 4.49. The van der Waals surface area contributed by atoms with Crippen LogP contribution in [0.4, 0.5) is 5.69 Å². The van der Waals surface area contributed by atoms with Crippen molar-refractivity contribution < 1.29 is 0 Å². The van der Waals surface area contributed by atoms with Gasteiger partial charge in [0, 0.05) is 5.71 Å². The zero-order chi connectivity index (χ0) is 8.97. The molecule has 0 N–H and O–H groups in total. The number of nitrogens with zero attached hydrogens (tertiary/aromatic N) is 1. The molecule has 0 spiro atoms. The van der Waals surface area contributed by atoms with E-state index in [-0.39, 0.29) is 0 Å². The molecule has 64 valence electrons. The number of para-hydroxylation sites is 1. The highest BCUT2D eigenvalue weighted by molar-refractivity contribution is 5.84. The Balaban J connectivity index is 2.96. The summed E-state index contributed by atoms with van der Waals surface area (Å²) in [6, 6.07) is 8.20. The van der Waals surface area contributed by atoms with Crippen molar-refractivity contribution in [3.63, 3.8) is 0 Å². The van der Waals surface area contributed by atoms with Crippen molar-refractivity contribution in [2.45, 2.75) is 27.2 Å². The Morgan fingerprint density at radius 1 is 1.33 bits per heavy atom. The summed E-state index contributed by atoms with van der Waals surface area (Å²) in [5.41, 5.74) is 3.52. The summed E-state index contributed by atoms with van der Waals surface area (Å²) in [5, 5.41) is 0. The first kappa shape index (κ1) is 8.98. The van der Waals surface area contributed by atoms with Crippen LogP contribution in [0.5, 0.6) is 0 Å². The van der Waals surface area contributed by atoms with E-state index < -0.39 is 0 Å². The molecular weight excluding hydrogens is 146 g/mol. The van der Waals surface area contributed by atoms with E-state index >= 15 is 0 Å². The van der Waals surface area contributed by atoms with Crippen LogP contribution in [-0.2, 0) is 0 Å². The quantitative estimate of drug-likeness (QED) is 0.589. The summed E-state index contributed by atoms with van der Waals surface area (Å²) in [7, 11) is 0. The minimum Gasteiger partial charge on any atom is -0.258 e. The highest BCUT2D eigenvalue weighted by atomic mass is 14.7. The zero-order valence-electron chi connectivity index (χ0n) is 7.96. The van der Waals surface area contributed by atoms with E-state index in [2.05, 4.69) is 37.9 Å². The second-order valence-electron chi connectivity index (χ2n) is 2.99. The molecule has 0 saturated heterocycles. The predicted molar refractivity (Wildman–Crippen MR) is 54.2 cm³/mol. The molecule has 1 heteroatoms. The van der Waals surface area contributed by atoms with Gasteiger partial charge in [-0.25, -0.2) is 0 Å². The van der Waals surface area contributed by atoms with Crippen LogP contribution in [0.1, 0.15) is 25.8 Å². The molecule has 0 aliphatic heterocycles. The first-order valence-corrected chi connectivity index (χ1v) is 4.34. The highest BCUT2D eigenvalue weighted by Gasteiger charge is 1.93. The van der Waals surface area contributed by atoms with Gasteiger partial charge in [0.1, 0.15) is 0 Å². The van der Waals surface area contributed by atoms with Crippen molar-refractivity contribution in [3.05, 3.63) is 29.8 Å². The van der Waals surface area contributed by atoms with Gasteiger partial charge in [-0.2, -0.15) is 0 Å². The Morgan fingerprint density at radius 3 is 2.58 bits per heavy atom. The molecule has 1 rings (SSSR count). The highest BCUT2D eigenvalue weighted by Crippen LogP contribution is 2.17. The van der Waals surface area contributed by atoms with E-state index in [0.29, 0.717) is 0 Å². The van der Waals surface area contributed by atoms with Crippen molar-refractivity contribution in [1.82, 2.24) is 0 Å². The van der Waals surface area contributed by atoms with Crippen molar-refractivity contribution >= 4 is 11.4 Å². The van der Waals surface area contributed by atoms with Crippen LogP contribution in [-0.4, -0.2) is 5.71 Å². The number of hydrogen-bond donors (Lipinski definition) is 0. The summed E-state index contributed by atoms with van der Waals surface area (Å²) in [4.78, 5) is 4.49. The smallest absolute Gasteiger partial charge is 0.0658 e. The lowest BCUT2D eigenvalue weighted by atomic mass is 10.2. The van der Waals surface area contributed by atoms with Crippen LogP contribution in [0.25, 0.3) is 0 Å². The third-order valence-corrected chi connectivity index (χ3v) is 1.94. The molecule has 1 nitrogen and oxygen atoms in total. The lowest BCUT2D eigenvalue weighted by Gasteiger charge is -2.00. The fourth-order valence-corrected chi connectivity index (χ4v) is 0.974. The maximum absolute atomic E-state index is 4.49. The third-order valence-electron chi connectivity index (χ3n) is 1.94. The SMILES string of the molecule is CC/C(C)=N/c1ccccc1C.